The lowest BCUT2D eigenvalue weighted by Gasteiger charge is -2.37. The molecule has 0 amide bonds. The van der Waals surface area contributed by atoms with Crippen molar-refractivity contribution in [3.8, 4) is 0 Å². The van der Waals surface area contributed by atoms with Crippen LogP contribution in [0, 0.1) is 0 Å². The monoisotopic (exact) mass is 437 g/mol. The molecule has 2 aliphatic heterocycles. The van der Waals surface area contributed by atoms with Gasteiger partial charge in [-0.05, 0) is 54.6 Å². The fourth-order valence-corrected chi connectivity index (χ4v) is 6.06. The molecule has 2 heterocycles. The van der Waals surface area contributed by atoms with Crippen molar-refractivity contribution in [2.45, 2.75) is 17.4 Å². The van der Waals surface area contributed by atoms with Gasteiger partial charge in [0.05, 0.1) is 16.7 Å². The van der Waals surface area contributed by atoms with Crippen LogP contribution in [-0.4, -0.2) is 58.2 Å². The molecule has 0 spiro atoms. The lowest BCUT2D eigenvalue weighted by Crippen LogP contribution is -2.44. The SMILES string of the molecule is CN1CCN(c2ccc3c(c2)C(O)CCN3S(=O)(=O)c2ccc3ccccc3c2)CC1. The van der Waals surface area contributed by atoms with Gasteiger partial charge < -0.3 is 14.9 Å². The smallest absolute Gasteiger partial charge is 0.264 e. The van der Waals surface area contributed by atoms with E-state index in [9.17, 15) is 13.5 Å². The van der Waals surface area contributed by atoms with Crippen molar-refractivity contribution in [1.82, 2.24) is 4.90 Å². The van der Waals surface area contributed by atoms with Gasteiger partial charge >= 0.3 is 0 Å². The second-order valence-electron chi connectivity index (χ2n) is 8.42. The molecule has 5 rings (SSSR count). The molecule has 162 valence electrons. The summed E-state index contributed by atoms with van der Waals surface area (Å²) in [7, 11) is -1.62. The Morgan fingerprint density at radius 2 is 1.61 bits per heavy atom. The van der Waals surface area contributed by atoms with E-state index in [4.69, 9.17) is 0 Å². The van der Waals surface area contributed by atoms with Crippen LogP contribution in [0.4, 0.5) is 11.4 Å². The Kier molecular flexibility index (Phi) is 5.12. The van der Waals surface area contributed by atoms with E-state index < -0.39 is 16.1 Å². The molecule has 3 aromatic rings. The largest absolute Gasteiger partial charge is 0.388 e. The predicted octanol–water partition coefficient (Wildman–Crippen LogP) is 3.22. The van der Waals surface area contributed by atoms with Crippen molar-refractivity contribution in [3.63, 3.8) is 0 Å². The Balaban J connectivity index is 1.51. The van der Waals surface area contributed by atoms with Gasteiger partial charge in [-0.1, -0.05) is 30.3 Å². The number of benzene rings is 3. The number of anilines is 2. The highest BCUT2D eigenvalue weighted by Crippen LogP contribution is 2.39. The Labute approximate surface area is 183 Å². The zero-order valence-electron chi connectivity index (χ0n) is 17.6. The molecule has 7 heteroatoms. The van der Waals surface area contributed by atoms with Gasteiger partial charge in [-0.3, -0.25) is 4.31 Å². The van der Waals surface area contributed by atoms with Crippen LogP contribution in [0.2, 0.25) is 0 Å². The van der Waals surface area contributed by atoms with E-state index in [2.05, 4.69) is 16.8 Å². The molecule has 1 atom stereocenters. The second-order valence-corrected chi connectivity index (χ2v) is 10.3. The van der Waals surface area contributed by atoms with Crippen LogP contribution in [0.5, 0.6) is 0 Å². The highest BCUT2D eigenvalue weighted by atomic mass is 32.2. The Hall–Kier alpha value is -2.61. The third-order valence-corrected chi connectivity index (χ3v) is 8.23. The molecule has 1 saturated heterocycles. The van der Waals surface area contributed by atoms with Gasteiger partial charge in [0, 0.05) is 44.0 Å². The highest BCUT2D eigenvalue weighted by molar-refractivity contribution is 7.92. The summed E-state index contributed by atoms with van der Waals surface area (Å²) in [5.74, 6) is 0. The number of likely N-dealkylation sites (N-methyl/N-ethyl adjacent to an activating group) is 1. The molecule has 0 aromatic heterocycles. The van der Waals surface area contributed by atoms with Gasteiger partial charge in [0.25, 0.3) is 10.0 Å². The summed E-state index contributed by atoms with van der Waals surface area (Å²) in [6.45, 7) is 4.08. The molecular formula is C24H27N3O3S. The van der Waals surface area contributed by atoms with Crippen LogP contribution < -0.4 is 9.21 Å². The Morgan fingerprint density at radius 1 is 0.871 bits per heavy atom. The maximum absolute atomic E-state index is 13.6. The summed E-state index contributed by atoms with van der Waals surface area (Å²) in [6.07, 6.45) is -0.281. The molecule has 6 nitrogen and oxygen atoms in total. The quantitative estimate of drug-likeness (QED) is 0.682. The molecule has 31 heavy (non-hydrogen) atoms. The molecule has 0 saturated carbocycles. The van der Waals surface area contributed by atoms with Crippen LogP contribution in [0.15, 0.2) is 65.6 Å². The molecule has 0 aliphatic carbocycles. The first-order chi connectivity index (χ1) is 14.9. The molecule has 0 radical (unpaired) electrons. The van der Waals surface area contributed by atoms with E-state index in [1.54, 1.807) is 12.1 Å². The van der Waals surface area contributed by atoms with Crippen molar-refractivity contribution in [3.05, 3.63) is 66.2 Å². The third kappa shape index (κ3) is 3.67. The zero-order valence-corrected chi connectivity index (χ0v) is 18.4. The highest BCUT2D eigenvalue weighted by Gasteiger charge is 2.33. The zero-order chi connectivity index (χ0) is 21.6. The molecule has 3 aromatic carbocycles. The van der Waals surface area contributed by atoms with Crippen molar-refractivity contribution < 1.29 is 13.5 Å². The summed E-state index contributed by atoms with van der Waals surface area (Å²) in [5.41, 5.74) is 2.30. The summed E-state index contributed by atoms with van der Waals surface area (Å²) >= 11 is 0. The predicted molar refractivity (Wildman–Crippen MR) is 124 cm³/mol. The normalized spacial score (nSPS) is 20.1. The number of rotatable bonds is 3. The Bertz CT molecular complexity index is 1220. The van der Waals surface area contributed by atoms with Crippen molar-refractivity contribution in [2.24, 2.45) is 0 Å². The van der Waals surface area contributed by atoms with Gasteiger partial charge in [-0.15, -0.1) is 0 Å². The van der Waals surface area contributed by atoms with Crippen LogP contribution in [0.25, 0.3) is 10.8 Å². The Morgan fingerprint density at radius 3 is 2.39 bits per heavy atom. The summed E-state index contributed by atoms with van der Waals surface area (Å²) < 4.78 is 28.6. The lowest BCUT2D eigenvalue weighted by atomic mass is 9.99. The second kappa shape index (κ2) is 7.82. The van der Waals surface area contributed by atoms with Crippen LogP contribution in [0.1, 0.15) is 18.1 Å². The van der Waals surface area contributed by atoms with E-state index >= 15 is 0 Å². The molecular weight excluding hydrogens is 410 g/mol. The standard InChI is InChI=1S/C24H27N3O3S/c1-25-12-14-26(15-13-25)20-7-9-23-22(17-20)24(28)10-11-27(23)31(29,30)21-8-6-18-4-2-3-5-19(18)16-21/h2-9,16-17,24,28H,10-15H2,1H3. The first-order valence-electron chi connectivity index (χ1n) is 10.7. The minimum Gasteiger partial charge on any atom is -0.388 e. The first-order valence-corrected chi connectivity index (χ1v) is 12.1. The number of hydrogen-bond donors (Lipinski definition) is 1. The molecule has 1 unspecified atom stereocenters. The van der Waals surface area contributed by atoms with E-state index in [0.717, 1.165) is 42.6 Å². The summed E-state index contributed by atoms with van der Waals surface area (Å²) in [6, 6.07) is 18.8. The number of fused-ring (bicyclic) bond motifs is 2. The van der Waals surface area contributed by atoms with E-state index in [1.165, 1.54) is 4.31 Å². The maximum atomic E-state index is 13.6. The van der Waals surface area contributed by atoms with Crippen LogP contribution in [-0.2, 0) is 10.0 Å². The molecule has 0 bridgehead atoms. The molecule has 1 fully saturated rings. The van der Waals surface area contributed by atoms with E-state index in [0.29, 0.717) is 17.7 Å². The summed E-state index contributed by atoms with van der Waals surface area (Å²) in [5, 5.41) is 12.6. The van der Waals surface area contributed by atoms with Gasteiger partial charge in [0.15, 0.2) is 0 Å². The maximum Gasteiger partial charge on any atom is 0.264 e. The van der Waals surface area contributed by atoms with Crippen LogP contribution in [0.3, 0.4) is 0 Å². The number of aliphatic hydroxyl groups is 1. The van der Waals surface area contributed by atoms with Crippen molar-refractivity contribution in [2.75, 3.05) is 49.0 Å². The van der Waals surface area contributed by atoms with Crippen molar-refractivity contribution >= 4 is 32.2 Å². The number of sulfonamides is 1. The number of piperazine rings is 1. The topological polar surface area (TPSA) is 64.1 Å². The molecule has 2 aliphatic rings. The minimum absolute atomic E-state index is 0.261. The fraction of sp³-hybridized carbons (Fsp3) is 0.333. The van der Waals surface area contributed by atoms with E-state index in [-0.39, 0.29) is 11.4 Å². The third-order valence-electron chi connectivity index (χ3n) is 6.42. The van der Waals surface area contributed by atoms with Gasteiger partial charge in [-0.25, -0.2) is 8.42 Å². The minimum atomic E-state index is -3.73. The average Bonchev–Trinajstić information content (AvgIpc) is 2.79. The molecule has 1 N–H and O–H groups in total. The van der Waals surface area contributed by atoms with Gasteiger partial charge in [-0.2, -0.15) is 0 Å². The number of hydrogen-bond acceptors (Lipinski definition) is 5. The fourth-order valence-electron chi connectivity index (χ4n) is 4.52. The van der Waals surface area contributed by atoms with Gasteiger partial charge in [0.1, 0.15) is 0 Å². The van der Waals surface area contributed by atoms with E-state index in [1.807, 2.05) is 48.5 Å². The summed E-state index contributed by atoms with van der Waals surface area (Å²) in [4.78, 5) is 4.86. The van der Waals surface area contributed by atoms with Crippen LogP contribution >= 0.6 is 0 Å². The first kappa shape index (κ1) is 20.3. The number of aliphatic hydroxyl groups excluding tert-OH is 1. The lowest BCUT2D eigenvalue weighted by molar-refractivity contribution is 0.166. The van der Waals surface area contributed by atoms with Crippen molar-refractivity contribution in [1.29, 1.82) is 0 Å². The van der Waals surface area contributed by atoms with Gasteiger partial charge in [0.2, 0.25) is 0 Å². The number of nitrogens with zero attached hydrogens (tertiary/aromatic N) is 3. The average molecular weight is 438 g/mol.